The van der Waals surface area contributed by atoms with E-state index in [1.807, 2.05) is 18.2 Å². The van der Waals surface area contributed by atoms with Crippen LogP contribution >= 0.6 is 0 Å². The van der Waals surface area contributed by atoms with Crippen molar-refractivity contribution in [2.75, 3.05) is 24.7 Å². The number of nitrogens with zero attached hydrogens (tertiary/aromatic N) is 2. The normalized spacial score (nSPS) is 17.1. The molecule has 2 rings (SSSR count). The summed E-state index contributed by atoms with van der Waals surface area (Å²) in [5, 5.41) is 4.03. The first-order valence-electron chi connectivity index (χ1n) is 4.74. The molecule has 2 heterocycles. The van der Waals surface area contributed by atoms with E-state index in [1.54, 1.807) is 11.1 Å². The molecule has 0 bridgehead atoms. The van der Waals surface area contributed by atoms with Gasteiger partial charge in [-0.3, -0.25) is 19.0 Å². The zero-order chi connectivity index (χ0) is 12.7. The second kappa shape index (κ2) is 7.07. The Morgan fingerprint density at radius 2 is 2.24 bits per heavy atom. The molecule has 1 atom stereocenters. The van der Waals surface area contributed by atoms with E-state index in [4.69, 9.17) is 13.5 Å². The molecule has 7 nitrogen and oxygen atoms in total. The first-order chi connectivity index (χ1) is 8.11. The summed E-state index contributed by atoms with van der Waals surface area (Å²) < 4.78 is 22.6. The van der Waals surface area contributed by atoms with E-state index in [-0.39, 0.29) is 12.5 Å². The van der Waals surface area contributed by atoms with Crippen LogP contribution in [-0.2, 0) is 20.8 Å². The van der Waals surface area contributed by atoms with Gasteiger partial charge in [0.05, 0.1) is 13.2 Å². The van der Waals surface area contributed by atoms with Crippen LogP contribution in [0.4, 0.5) is 5.82 Å². The number of amides is 1. The summed E-state index contributed by atoms with van der Waals surface area (Å²) in [5.74, 6) is 0.681. The summed E-state index contributed by atoms with van der Waals surface area (Å²) in [7, 11) is 0. The Morgan fingerprint density at radius 3 is 2.76 bits per heavy atom. The molecule has 1 amide bonds. The minimum atomic E-state index is -2.36. The number of carbonyl (C=O) groups excluding carboxylic acids is 1. The van der Waals surface area contributed by atoms with Gasteiger partial charge in [-0.15, -0.1) is 0 Å². The highest BCUT2D eigenvalue weighted by Crippen LogP contribution is 2.11. The van der Waals surface area contributed by atoms with E-state index < -0.39 is 11.3 Å². The van der Waals surface area contributed by atoms with E-state index in [9.17, 15) is 4.79 Å². The van der Waals surface area contributed by atoms with Gasteiger partial charge in [-0.25, -0.2) is 4.98 Å². The average molecular weight is 258 g/mol. The largest absolute Gasteiger partial charge is 0.760 e. The Kier molecular flexibility index (Phi) is 5.70. The van der Waals surface area contributed by atoms with Gasteiger partial charge in [-0.05, 0) is 12.1 Å². The molecule has 94 valence electrons. The van der Waals surface area contributed by atoms with E-state index >= 15 is 0 Å². The Bertz CT molecular complexity index is 383. The summed E-state index contributed by atoms with van der Waals surface area (Å²) in [6, 6.07) is 5.52. The fourth-order valence-electron chi connectivity index (χ4n) is 1.27. The van der Waals surface area contributed by atoms with Crippen LogP contribution < -0.4 is 10.0 Å². The molecule has 1 aliphatic heterocycles. The van der Waals surface area contributed by atoms with Crippen molar-refractivity contribution in [2.24, 2.45) is 5.14 Å². The van der Waals surface area contributed by atoms with Gasteiger partial charge in [0, 0.05) is 17.5 Å². The number of nitrogens with two attached hydrogens (primary N) is 1. The minimum absolute atomic E-state index is 0.0232. The molecule has 1 aromatic rings. The number of hydrogen-bond donors (Lipinski definition) is 1. The van der Waals surface area contributed by atoms with Crippen LogP contribution in [0.15, 0.2) is 24.4 Å². The summed E-state index contributed by atoms with van der Waals surface area (Å²) in [6.07, 6.45) is 1.68. The highest BCUT2D eigenvalue weighted by molar-refractivity contribution is 7.76. The van der Waals surface area contributed by atoms with Crippen molar-refractivity contribution in [1.29, 1.82) is 0 Å². The molecule has 1 saturated heterocycles. The summed E-state index contributed by atoms with van der Waals surface area (Å²) in [6.45, 7) is 1.34. The van der Waals surface area contributed by atoms with Crippen molar-refractivity contribution < 1.29 is 18.3 Å². The van der Waals surface area contributed by atoms with E-state index in [0.29, 0.717) is 19.0 Å². The molecule has 1 fully saturated rings. The summed E-state index contributed by atoms with van der Waals surface area (Å²) >= 11 is -2.36. The second-order valence-electron chi connectivity index (χ2n) is 3.05. The van der Waals surface area contributed by atoms with E-state index in [1.165, 1.54) is 0 Å². The zero-order valence-electron chi connectivity index (χ0n) is 8.94. The molecule has 1 aromatic heterocycles. The zero-order valence-corrected chi connectivity index (χ0v) is 9.76. The van der Waals surface area contributed by atoms with Crippen LogP contribution in [0.25, 0.3) is 0 Å². The molecule has 0 aliphatic carbocycles. The Hall–Kier alpha value is -1.35. The van der Waals surface area contributed by atoms with Gasteiger partial charge in [-0.1, -0.05) is 6.07 Å². The maximum Gasteiger partial charge on any atom is 0.254 e. The van der Waals surface area contributed by atoms with Crippen molar-refractivity contribution in [1.82, 2.24) is 4.98 Å². The molecule has 1 unspecified atom stereocenters. The van der Waals surface area contributed by atoms with Gasteiger partial charge in [0.25, 0.3) is 5.91 Å². The van der Waals surface area contributed by atoms with Crippen molar-refractivity contribution in [3.63, 3.8) is 0 Å². The summed E-state index contributed by atoms with van der Waals surface area (Å²) in [4.78, 5) is 17.1. The van der Waals surface area contributed by atoms with Crippen LogP contribution in [-0.4, -0.2) is 39.4 Å². The second-order valence-corrected chi connectivity index (χ2v) is 3.57. The lowest BCUT2D eigenvalue weighted by Crippen LogP contribution is -2.42. The Morgan fingerprint density at radius 1 is 1.53 bits per heavy atom. The Balaban J connectivity index is 0.000000317. The first-order valence-corrected chi connectivity index (χ1v) is 5.88. The van der Waals surface area contributed by atoms with Gasteiger partial charge >= 0.3 is 0 Å². The minimum Gasteiger partial charge on any atom is -0.760 e. The predicted octanol–water partition coefficient (Wildman–Crippen LogP) is -0.816. The number of morpholine rings is 1. The number of aromatic nitrogens is 1. The van der Waals surface area contributed by atoms with Crippen LogP contribution in [0.3, 0.4) is 0 Å². The van der Waals surface area contributed by atoms with E-state index in [2.05, 4.69) is 10.1 Å². The molecule has 0 aromatic carbocycles. The number of pyridine rings is 1. The molecule has 0 spiro atoms. The molecular formula is C9H12N3O4S-. The van der Waals surface area contributed by atoms with Crippen LogP contribution in [0.5, 0.6) is 0 Å². The van der Waals surface area contributed by atoms with Crippen molar-refractivity contribution in [3.8, 4) is 0 Å². The lowest BCUT2D eigenvalue weighted by Gasteiger charge is -2.25. The molecule has 1 aliphatic rings. The van der Waals surface area contributed by atoms with Crippen molar-refractivity contribution in [3.05, 3.63) is 24.4 Å². The number of ether oxygens (including phenoxy) is 1. The van der Waals surface area contributed by atoms with E-state index in [0.717, 1.165) is 0 Å². The third kappa shape index (κ3) is 5.00. The molecule has 2 N–H and O–H groups in total. The smallest absolute Gasteiger partial charge is 0.254 e. The van der Waals surface area contributed by atoms with Gasteiger partial charge in [-0.2, -0.15) is 0 Å². The fourth-order valence-corrected chi connectivity index (χ4v) is 1.27. The van der Waals surface area contributed by atoms with Crippen molar-refractivity contribution in [2.45, 2.75) is 0 Å². The highest BCUT2D eigenvalue weighted by atomic mass is 32.2. The molecule has 17 heavy (non-hydrogen) atoms. The maximum atomic E-state index is 11.4. The SMILES string of the molecule is NS(=O)[O-].O=C1COCCN1c1ccccn1. The fraction of sp³-hybridized carbons (Fsp3) is 0.333. The average Bonchev–Trinajstić information content (AvgIpc) is 2.30. The van der Waals surface area contributed by atoms with Crippen LogP contribution in [0.1, 0.15) is 0 Å². The predicted molar refractivity (Wildman–Crippen MR) is 60.5 cm³/mol. The molecular weight excluding hydrogens is 246 g/mol. The van der Waals surface area contributed by atoms with Gasteiger partial charge in [0.2, 0.25) is 0 Å². The Labute approximate surface area is 101 Å². The number of rotatable bonds is 1. The lowest BCUT2D eigenvalue weighted by molar-refractivity contribution is -0.125. The monoisotopic (exact) mass is 258 g/mol. The van der Waals surface area contributed by atoms with Crippen LogP contribution in [0, 0.1) is 0 Å². The lowest BCUT2D eigenvalue weighted by atomic mass is 10.3. The third-order valence-electron chi connectivity index (χ3n) is 1.91. The van der Waals surface area contributed by atoms with Gasteiger partial charge in [0.15, 0.2) is 0 Å². The molecule has 0 radical (unpaired) electrons. The standard InChI is InChI=1S/C9H10N2O2.H3NO2S/c12-9-7-13-6-5-11(9)8-3-1-2-4-10-8;1-4(2)3/h1-4H,5-7H2;1H2,(H,2,3)/p-1. The number of anilines is 1. The van der Waals surface area contributed by atoms with Crippen molar-refractivity contribution >= 4 is 23.0 Å². The number of carbonyl (C=O) groups is 1. The first kappa shape index (κ1) is 13.7. The van der Waals surface area contributed by atoms with Gasteiger partial charge in [0.1, 0.15) is 12.4 Å². The highest BCUT2D eigenvalue weighted by Gasteiger charge is 2.20. The molecule has 0 saturated carbocycles. The quantitative estimate of drug-likeness (QED) is 0.662. The topological polar surface area (TPSA) is 109 Å². The third-order valence-corrected chi connectivity index (χ3v) is 1.91. The molecule has 8 heteroatoms. The van der Waals surface area contributed by atoms with Crippen LogP contribution in [0.2, 0.25) is 0 Å². The maximum absolute atomic E-state index is 11.4. The summed E-state index contributed by atoms with van der Waals surface area (Å²) in [5.41, 5.74) is 0. The van der Waals surface area contributed by atoms with Gasteiger partial charge < -0.3 is 9.29 Å². The number of hydrogen-bond acceptors (Lipinski definition) is 5.